The van der Waals surface area contributed by atoms with Crippen LogP contribution in [0.2, 0.25) is 0 Å². The fourth-order valence-electron chi connectivity index (χ4n) is 3.97. The van der Waals surface area contributed by atoms with Gasteiger partial charge in [-0.15, -0.1) is 0 Å². The number of hydrogen-bond acceptors (Lipinski definition) is 5. The average Bonchev–Trinajstić information content (AvgIpc) is 2.75. The highest BCUT2D eigenvalue weighted by Crippen LogP contribution is 2.30. The predicted octanol–water partition coefficient (Wildman–Crippen LogP) is 4.14. The molecule has 4 nitrogen and oxygen atoms in total. The Bertz CT molecular complexity index is 855. The van der Waals surface area contributed by atoms with Gasteiger partial charge in [0.2, 0.25) is 0 Å². The predicted molar refractivity (Wildman–Crippen MR) is 123 cm³/mol. The number of aryl methyl sites for hydroxylation is 1. The lowest BCUT2D eigenvalue weighted by Crippen LogP contribution is -2.56. The van der Waals surface area contributed by atoms with E-state index in [0.29, 0.717) is 16.8 Å². The molecule has 3 rings (SSSR count). The maximum atomic E-state index is 13.7. The van der Waals surface area contributed by atoms with Crippen LogP contribution in [0.4, 0.5) is 5.69 Å². The van der Waals surface area contributed by atoms with Gasteiger partial charge in [0.1, 0.15) is 5.54 Å². The maximum Gasteiger partial charge on any atom is 0.188 e. The van der Waals surface area contributed by atoms with E-state index in [4.69, 9.17) is 17.0 Å². The number of likely N-dealkylation sites (N-methyl/N-ethyl adjacent to an activating group) is 1. The van der Waals surface area contributed by atoms with E-state index in [0.717, 1.165) is 37.6 Å². The molecule has 0 radical (unpaired) electrons. The third-order valence-corrected chi connectivity index (χ3v) is 6.42. The minimum Gasteiger partial charge on any atom is -0.378 e. The molecule has 1 heterocycles. The molecule has 1 aliphatic heterocycles. The molecule has 1 aliphatic rings. The Labute approximate surface area is 179 Å². The number of benzene rings is 2. The van der Waals surface area contributed by atoms with Gasteiger partial charge in [-0.2, -0.15) is 0 Å². The van der Waals surface area contributed by atoms with E-state index in [1.54, 1.807) is 0 Å². The number of carbonyl (C=O) groups is 1. The third kappa shape index (κ3) is 4.27. The van der Waals surface area contributed by atoms with Crippen molar-refractivity contribution < 1.29 is 9.53 Å². The molecule has 154 valence electrons. The molecule has 1 unspecified atom stereocenters. The van der Waals surface area contributed by atoms with Crippen LogP contribution >= 0.6 is 12.2 Å². The number of hydrogen-bond donors (Lipinski definition) is 0. The van der Waals surface area contributed by atoms with Gasteiger partial charge in [0.25, 0.3) is 0 Å². The zero-order chi connectivity index (χ0) is 21.0. The molecule has 0 aromatic heterocycles. The molecule has 2 aromatic rings. The third-order valence-electron chi connectivity index (χ3n) is 5.85. The van der Waals surface area contributed by atoms with Crippen LogP contribution in [0.1, 0.15) is 34.8 Å². The zero-order valence-electron chi connectivity index (χ0n) is 17.8. The summed E-state index contributed by atoms with van der Waals surface area (Å²) in [6.07, 6.45) is 0.608. The monoisotopic (exact) mass is 410 g/mol. The number of ketones is 1. The zero-order valence-corrected chi connectivity index (χ0v) is 18.6. The van der Waals surface area contributed by atoms with Gasteiger partial charge in [0, 0.05) is 24.3 Å². The summed E-state index contributed by atoms with van der Waals surface area (Å²) in [6, 6.07) is 16.0. The summed E-state index contributed by atoms with van der Waals surface area (Å²) in [4.78, 5) is 18.7. The molecular weight excluding hydrogens is 380 g/mol. The van der Waals surface area contributed by atoms with Crippen molar-refractivity contribution in [3.8, 4) is 0 Å². The molecule has 2 aromatic carbocycles. The van der Waals surface area contributed by atoms with Crippen molar-refractivity contribution in [2.45, 2.75) is 25.8 Å². The Morgan fingerprint density at radius 2 is 1.59 bits per heavy atom. The Kier molecular flexibility index (Phi) is 6.83. The van der Waals surface area contributed by atoms with Gasteiger partial charge in [0.15, 0.2) is 5.78 Å². The molecule has 1 fully saturated rings. The first kappa shape index (κ1) is 21.6. The van der Waals surface area contributed by atoms with Crippen molar-refractivity contribution in [2.24, 2.45) is 0 Å². The van der Waals surface area contributed by atoms with Crippen LogP contribution in [0.5, 0.6) is 0 Å². The number of morpholine rings is 1. The van der Waals surface area contributed by atoms with E-state index in [1.807, 2.05) is 81.4 Å². The summed E-state index contributed by atoms with van der Waals surface area (Å²) in [7, 11) is 3.87. The second-order valence-corrected chi connectivity index (χ2v) is 8.19. The molecule has 0 bridgehead atoms. The highest BCUT2D eigenvalue weighted by Gasteiger charge is 2.43. The number of rotatable bonds is 7. The van der Waals surface area contributed by atoms with Gasteiger partial charge in [-0.1, -0.05) is 49.0 Å². The lowest BCUT2D eigenvalue weighted by Gasteiger charge is -2.39. The summed E-state index contributed by atoms with van der Waals surface area (Å²) >= 11 is 5.89. The molecule has 0 amide bonds. The molecule has 0 N–H and O–H groups in total. The number of anilines is 1. The summed E-state index contributed by atoms with van der Waals surface area (Å²) < 4.78 is 5.43. The molecule has 0 aliphatic carbocycles. The fraction of sp³-hybridized carbons (Fsp3) is 0.417. The number of Topliss-reactive ketones (excluding diaryl/α,β-unsaturated/α-hetero) is 1. The first-order chi connectivity index (χ1) is 13.9. The fourth-order valence-corrected chi connectivity index (χ4v) is 4.53. The number of carbonyl (C=O) groups excluding carboxylic acids is 1. The van der Waals surface area contributed by atoms with Crippen LogP contribution in [0, 0.1) is 6.92 Å². The summed E-state index contributed by atoms with van der Waals surface area (Å²) in [5.74, 6) is 0.0455. The van der Waals surface area contributed by atoms with Crippen LogP contribution in [-0.4, -0.2) is 61.5 Å². The quantitative estimate of drug-likeness (QED) is 0.506. The van der Waals surface area contributed by atoms with Crippen LogP contribution in [0.25, 0.3) is 0 Å². The minimum absolute atomic E-state index is 0.0455. The Hall–Kier alpha value is -2.08. The van der Waals surface area contributed by atoms with Crippen LogP contribution in [0.15, 0.2) is 48.5 Å². The Morgan fingerprint density at radius 1 is 1.03 bits per heavy atom. The van der Waals surface area contributed by atoms with Crippen molar-refractivity contribution in [2.75, 3.05) is 45.3 Å². The lowest BCUT2D eigenvalue weighted by molar-refractivity contribution is 0.0803. The number of ether oxygens (including phenoxy) is 1. The van der Waals surface area contributed by atoms with E-state index < -0.39 is 5.54 Å². The van der Waals surface area contributed by atoms with E-state index in [1.165, 1.54) is 5.56 Å². The summed E-state index contributed by atoms with van der Waals surface area (Å²) in [5, 5.41) is 0. The summed E-state index contributed by atoms with van der Waals surface area (Å²) in [5.41, 5.74) is 3.06. The summed E-state index contributed by atoms with van der Waals surface area (Å²) in [6.45, 7) is 7.31. The molecule has 0 spiro atoms. The lowest BCUT2D eigenvalue weighted by atomic mass is 9.79. The van der Waals surface area contributed by atoms with Crippen LogP contribution < -0.4 is 4.90 Å². The molecule has 0 saturated carbocycles. The van der Waals surface area contributed by atoms with E-state index in [-0.39, 0.29) is 5.78 Å². The van der Waals surface area contributed by atoms with Gasteiger partial charge >= 0.3 is 0 Å². The molecule has 1 atom stereocenters. The van der Waals surface area contributed by atoms with Gasteiger partial charge in [0.05, 0.1) is 18.1 Å². The second-order valence-electron chi connectivity index (χ2n) is 7.78. The van der Waals surface area contributed by atoms with Gasteiger partial charge in [-0.3, -0.25) is 9.69 Å². The van der Waals surface area contributed by atoms with Crippen LogP contribution in [-0.2, 0) is 4.74 Å². The van der Waals surface area contributed by atoms with Gasteiger partial charge in [-0.25, -0.2) is 0 Å². The van der Waals surface area contributed by atoms with Crippen LogP contribution in [0.3, 0.4) is 0 Å². The maximum absolute atomic E-state index is 13.7. The average molecular weight is 411 g/mol. The molecule has 1 saturated heterocycles. The minimum atomic E-state index is -0.856. The van der Waals surface area contributed by atoms with E-state index in [9.17, 15) is 4.79 Å². The Balaban J connectivity index is 1.92. The van der Waals surface area contributed by atoms with Crippen molar-refractivity contribution >= 4 is 28.6 Å². The highest BCUT2D eigenvalue weighted by molar-refractivity contribution is 7.81. The highest BCUT2D eigenvalue weighted by atomic mass is 32.1. The van der Waals surface area contributed by atoms with Gasteiger partial charge < -0.3 is 9.64 Å². The molecule has 5 heteroatoms. The SMILES string of the molecule is CCC(C(=O)c1ccc(N2CCOCC2)cc1)(C(=S)c1ccc(C)cc1)N(C)C. The van der Waals surface area contributed by atoms with Crippen molar-refractivity contribution in [3.05, 3.63) is 65.2 Å². The number of thiocarbonyl (C=S) groups is 1. The first-order valence-corrected chi connectivity index (χ1v) is 10.6. The molecular formula is C24H30N2O2S. The topological polar surface area (TPSA) is 32.8 Å². The first-order valence-electron chi connectivity index (χ1n) is 10.2. The van der Waals surface area contributed by atoms with E-state index >= 15 is 0 Å². The van der Waals surface area contributed by atoms with Crippen molar-refractivity contribution in [1.29, 1.82) is 0 Å². The molecule has 29 heavy (non-hydrogen) atoms. The second kappa shape index (κ2) is 9.16. The van der Waals surface area contributed by atoms with Crippen molar-refractivity contribution in [3.63, 3.8) is 0 Å². The van der Waals surface area contributed by atoms with E-state index in [2.05, 4.69) is 4.90 Å². The normalized spacial score (nSPS) is 16.5. The smallest absolute Gasteiger partial charge is 0.188 e. The Morgan fingerprint density at radius 3 is 2.10 bits per heavy atom. The number of nitrogens with zero attached hydrogens (tertiary/aromatic N) is 2. The largest absolute Gasteiger partial charge is 0.378 e. The van der Waals surface area contributed by atoms with Gasteiger partial charge in [-0.05, 0) is 57.3 Å². The standard InChI is InChI=1S/C24H30N2O2S/c1-5-24(25(3)4,23(29)20-8-6-18(2)7-9-20)22(27)19-10-12-21(13-11-19)26-14-16-28-17-15-26/h6-13H,5,14-17H2,1-4H3. The van der Waals surface area contributed by atoms with Crippen molar-refractivity contribution in [1.82, 2.24) is 4.90 Å².